The maximum absolute atomic E-state index is 11.9. The molecule has 1 saturated carbocycles. The van der Waals surface area contributed by atoms with E-state index < -0.39 is 6.36 Å². The molecule has 1 unspecified atom stereocenters. The highest BCUT2D eigenvalue weighted by atomic mass is 19.4. The van der Waals surface area contributed by atoms with Gasteiger partial charge in [0.1, 0.15) is 0 Å². The van der Waals surface area contributed by atoms with Gasteiger partial charge in [-0.3, -0.25) is 4.74 Å². The van der Waals surface area contributed by atoms with Crippen LogP contribution in [0.3, 0.4) is 0 Å². The van der Waals surface area contributed by atoms with Crippen molar-refractivity contribution in [2.24, 2.45) is 5.92 Å². The molecule has 3 nitrogen and oxygen atoms in total. The van der Waals surface area contributed by atoms with Gasteiger partial charge in [0.05, 0.1) is 6.61 Å². The van der Waals surface area contributed by atoms with Crippen molar-refractivity contribution in [3.8, 4) is 0 Å². The summed E-state index contributed by atoms with van der Waals surface area (Å²) >= 11 is 0. The van der Waals surface area contributed by atoms with Crippen LogP contribution in [0.15, 0.2) is 18.5 Å². The second kappa shape index (κ2) is 5.96. The number of hydrogen-bond donors (Lipinski definition) is 1. The predicted molar refractivity (Wildman–Crippen MR) is 65.6 cm³/mol. The molecule has 1 aliphatic rings. The largest absolute Gasteiger partial charge is 0.522 e. The van der Waals surface area contributed by atoms with Gasteiger partial charge in [0, 0.05) is 25.0 Å². The Morgan fingerprint density at radius 2 is 2.21 bits per heavy atom. The molecule has 19 heavy (non-hydrogen) atoms. The summed E-state index contributed by atoms with van der Waals surface area (Å²) in [6.07, 6.45) is 1.61. The van der Waals surface area contributed by atoms with Crippen LogP contribution < -0.4 is 5.32 Å². The Morgan fingerprint density at radius 3 is 2.79 bits per heavy atom. The van der Waals surface area contributed by atoms with E-state index in [1.165, 1.54) is 12.8 Å². The third-order valence-electron chi connectivity index (χ3n) is 3.27. The van der Waals surface area contributed by atoms with E-state index >= 15 is 0 Å². The smallest absolute Gasteiger partial charge is 0.352 e. The lowest BCUT2D eigenvalue weighted by molar-refractivity contribution is -0.325. The SMILES string of the molecule is CCNC(c1ccn(CCOC(F)(F)F)c1)C1CC1. The lowest BCUT2D eigenvalue weighted by Crippen LogP contribution is -2.22. The first-order chi connectivity index (χ1) is 8.99. The van der Waals surface area contributed by atoms with E-state index in [9.17, 15) is 13.2 Å². The second-order valence-corrected chi connectivity index (χ2v) is 4.85. The highest BCUT2D eigenvalue weighted by Gasteiger charge is 2.32. The Morgan fingerprint density at radius 1 is 1.47 bits per heavy atom. The Kier molecular flexibility index (Phi) is 4.52. The molecule has 1 aliphatic carbocycles. The number of alkyl halides is 3. The van der Waals surface area contributed by atoms with Crippen LogP contribution in [-0.2, 0) is 11.3 Å². The van der Waals surface area contributed by atoms with Crippen molar-refractivity contribution in [2.45, 2.75) is 38.7 Å². The second-order valence-electron chi connectivity index (χ2n) is 4.85. The van der Waals surface area contributed by atoms with Crippen LogP contribution in [0.5, 0.6) is 0 Å². The molecule has 0 spiro atoms. The first kappa shape index (κ1) is 14.4. The monoisotopic (exact) mass is 276 g/mol. The summed E-state index contributed by atoms with van der Waals surface area (Å²) in [4.78, 5) is 0. The maximum atomic E-state index is 11.9. The molecule has 2 rings (SSSR count). The minimum atomic E-state index is -4.55. The average molecular weight is 276 g/mol. The lowest BCUT2D eigenvalue weighted by atomic mass is 10.1. The molecule has 1 aromatic rings. The van der Waals surface area contributed by atoms with Crippen LogP contribution in [0.2, 0.25) is 0 Å². The standard InChI is InChI=1S/C13H19F3N2O/c1-2-17-12(10-3-4-10)11-5-6-18(9-11)7-8-19-13(14,15)16/h5-6,9-10,12,17H,2-4,7-8H2,1H3. The topological polar surface area (TPSA) is 26.2 Å². The first-order valence-electron chi connectivity index (χ1n) is 6.59. The number of rotatable bonds is 7. The summed E-state index contributed by atoms with van der Waals surface area (Å²) in [5.74, 6) is 0.669. The average Bonchev–Trinajstić information content (AvgIpc) is 3.05. The fourth-order valence-corrected chi connectivity index (χ4v) is 2.26. The van der Waals surface area contributed by atoms with Crippen LogP contribution >= 0.6 is 0 Å². The van der Waals surface area contributed by atoms with Gasteiger partial charge in [-0.05, 0) is 36.9 Å². The van der Waals surface area contributed by atoms with E-state index in [0.29, 0.717) is 12.0 Å². The van der Waals surface area contributed by atoms with Gasteiger partial charge in [0.2, 0.25) is 0 Å². The molecule has 1 atom stereocenters. The summed E-state index contributed by atoms with van der Waals surface area (Å²) in [5, 5.41) is 3.43. The number of hydrogen-bond acceptors (Lipinski definition) is 2. The van der Waals surface area contributed by atoms with Gasteiger partial charge in [-0.15, -0.1) is 13.2 Å². The zero-order valence-electron chi connectivity index (χ0n) is 10.9. The van der Waals surface area contributed by atoms with Crippen molar-refractivity contribution in [1.82, 2.24) is 9.88 Å². The van der Waals surface area contributed by atoms with Crippen molar-refractivity contribution in [3.63, 3.8) is 0 Å². The zero-order chi connectivity index (χ0) is 13.9. The number of nitrogens with zero attached hydrogens (tertiary/aromatic N) is 1. The summed E-state index contributed by atoms with van der Waals surface area (Å²) < 4.78 is 41.1. The van der Waals surface area contributed by atoms with Crippen molar-refractivity contribution >= 4 is 0 Å². The minimum Gasteiger partial charge on any atom is -0.352 e. The van der Waals surface area contributed by atoms with Crippen LogP contribution in [0.1, 0.15) is 31.4 Å². The van der Waals surface area contributed by atoms with Crippen LogP contribution in [0.4, 0.5) is 13.2 Å². The molecule has 0 amide bonds. The summed E-state index contributed by atoms with van der Waals surface area (Å²) in [7, 11) is 0. The third kappa shape index (κ3) is 4.54. The van der Waals surface area contributed by atoms with Gasteiger partial charge in [-0.1, -0.05) is 6.92 Å². The molecule has 0 bridgehead atoms. The lowest BCUT2D eigenvalue weighted by Gasteiger charge is -2.15. The van der Waals surface area contributed by atoms with Crippen molar-refractivity contribution in [3.05, 3.63) is 24.0 Å². The van der Waals surface area contributed by atoms with Gasteiger partial charge in [-0.2, -0.15) is 0 Å². The van der Waals surface area contributed by atoms with Gasteiger partial charge in [0.25, 0.3) is 0 Å². The number of halogens is 3. The molecule has 6 heteroatoms. The number of ether oxygens (including phenoxy) is 1. The molecule has 1 heterocycles. The van der Waals surface area contributed by atoms with Crippen molar-refractivity contribution < 1.29 is 17.9 Å². The molecule has 108 valence electrons. The number of nitrogens with one attached hydrogen (secondary N) is 1. The van der Waals surface area contributed by atoms with E-state index in [1.807, 2.05) is 18.5 Å². The van der Waals surface area contributed by atoms with E-state index in [4.69, 9.17) is 0 Å². The molecule has 0 saturated heterocycles. The van der Waals surface area contributed by atoms with E-state index in [-0.39, 0.29) is 13.2 Å². The molecule has 0 radical (unpaired) electrons. The summed E-state index contributed by atoms with van der Waals surface area (Å²) in [5.41, 5.74) is 1.15. The molecule has 1 fully saturated rings. The highest BCUT2D eigenvalue weighted by Crippen LogP contribution is 2.40. The summed E-state index contributed by atoms with van der Waals surface area (Å²) in [6.45, 7) is 2.81. The quantitative estimate of drug-likeness (QED) is 0.828. The van der Waals surface area contributed by atoms with E-state index in [1.54, 1.807) is 4.57 Å². The molecule has 1 N–H and O–H groups in total. The zero-order valence-corrected chi connectivity index (χ0v) is 10.9. The van der Waals surface area contributed by atoms with Gasteiger partial charge >= 0.3 is 6.36 Å². The Labute approximate surface area is 110 Å². The van der Waals surface area contributed by atoms with E-state index in [2.05, 4.69) is 17.0 Å². The van der Waals surface area contributed by atoms with Crippen LogP contribution in [0.25, 0.3) is 0 Å². The fourth-order valence-electron chi connectivity index (χ4n) is 2.26. The van der Waals surface area contributed by atoms with Gasteiger partial charge < -0.3 is 9.88 Å². The Balaban J connectivity index is 1.87. The molecular formula is C13H19F3N2O. The summed E-state index contributed by atoms with van der Waals surface area (Å²) in [6, 6.07) is 2.30. The Bertz CT molecular complexity index is 399. The first-order valence-corrected chi connectivity index (χ1v) is 6.59. The molecule has 0 aromatic carbocycles. The van der Waals surface area contributed by atoms with Crippen LogP contribution in [0, 0.1) is 5.92 Å². The molecule has 0 aliphatic heterocycles. The van der Waals surface area contributed by atoms with Gasteiger partial charge in [-0.25, -0.2) is 0 Å². The van der Waals surface area contributed by atoms with E-state index in [0.717, 1.165) is 12.1 Å². The highest BCUT2D eigenvalue weighted by molar-refractivity contribution is 5.18. The van der Waals surface area contributed by atoms with Crippen LogP contribution in [-0.4, -0.2) is 24.1 Å². The van der Waals surface area contributed by atoms with Gasteiger partial charge in [0.15, 0.2) is 0 Å². The number of aromatic nitrogens is 1. The normalized spacial score (nSPS) is 17.7. The molecular weight excluding hydrogens is 257 g/mol. The van der Waals surface area contributed by atoms with Crippen molar-refractivity contribution in [1.29, 1.82) is 0 Å². The predicted octanol–water partition coefficient (Wildman–Crippen LogP) is 3.09. The Hall–Kier alpha value is -1.01. The minimum absolute atomic E-state index is 0.211. The third-order valence-corrected chi connectivity index (χ3v) is 3.27. The molecule has 1 aromatic heterocycles. The maximum Gasteiger partial charge on any atom is 0.522 e. The fraction of sp³-hybridized carbons (Fsp3) is 0.692. The van der Waals surface area contributed by atoms with Crippen molar-refractivity contribution in [2.75, 3.05) is 13.2 Å².